The van der Waals surface area contributed by atoms with Crippen molar-refractivity contribution >= 4 is 0 Å². The summed E-state index contributed by atoms with van der Waals surface area (Å²) in [6.45, 7) is 7.96. The molecule has 1 aliphatic carbocycles. The zero-order valence-corrected chi connectivity index (χ0v) is 12.3. The summed E-state index contributed by atoms with van der Waals surface area (Å²) in [5, 5.41) is 12.7. The molecule has 18 heavy (non-hydrogen) atoms. The molecule has 0 aromatic rings. The fourth-order valence-corrected chi connectivity index (χ4v) is 3.15. The van der Waals surface area contributed by atoms with Crippen molar-refractivity contribution in [1.29, 1.82) is 5.26 Å². The molecule has 0 saturated heterocycles. The van der Waals surface area contributed by atoms with Gasteiger partial charge in [0.1, 0.15) is 5.54 Å². The average Bonchev–Trinajstić information content (AvgIpc) is 2.82. The van der Waals surface area contributed by atoms with E-state index < -0.39 is 0 Å². The zero-order valence-electron chi connectivity index (χ0n) is 12.3. The van der Waals surface area contributed by atoms with E-state index >= 15 is 0 Å². The van der Waals surface area contributed by atoms with E-state index in [1.165, 1.54) is 32.2 Å². The van der Waals surface area contributed by atoms with E-state index in [1.807, 2.05) is 7.05 Å². The number of nitrogens with zero attached hydrogens (tertiary/aromatic N) is 2. The predicted octanol–water partition coefficient (Wildman–Crippen LogP) is 2.78. The Kier molecular flexibility index (Phi) is 6.67. The van der Waals surface area contributed by atoms with Crippen LogP contribution in [0, 0.1) is 17.2 Å². The molecule has 0 amide bonds. The maximum atomic E-state index is 9.42. The Labute approximate surface area is 113 Å². The largest absolute Gasteiger partial charge is 0.304 e. The highest BCUT2D eigenvalue weighted by molar-refractivity contribution is 5.13. The quantitative estimate of drug-likeness (QED) is 0.721. The highest BCUT2D eigenvalue weighted by Crippen LogP contribution is 2.37. The van der Waals surface area contributed by atoms with Crippen LogP contribution in [0.1, 0.15) is 52.4 Å². The lowest BCUT2D eigenvalue weighted by atomic mass is 9.86. The van der Waals surface area contributed by atoms with E-state index in [0.717, 1.165) is 25.9 Å². The Morgan fingerprint density at radius 1 is 1.39 bits per heavy atom. The fourth-order valence-electron chi connectivity index (χ4n) is 3.15. The van der Waals surface area contributed by atoms with E-state index in [0.29, 0.717) is 5.92 Å². The van der Waals surface area contributed by atoms with Crippen LogP contribution in [-0.2, 0) is 0 Å². The van der Waals surface area contributed by atoms with Crippen molar-refractivity contribution in [3.8, 4) is 6.07 Å². The fraction of sp³-hybridized carbons (Fsp3) is 0.933. The van der Waals surface area contributed by atoms with Crippen molar-refractivity contribution < 1.29 is 0 Å². The van der Waals surface area contributed by atoms with Crippen LogP contribution >= 0.6 is 0 Å². The lowest BCUT2D eigenvalue weighted by Crippen LogP contribution is -2.45. The molecule has 2 atom stereocenters. The third-order valence-electron chi connectivity index (χ3n) is 4.54. The third kappa shape index (κ3) is 3.70. The molecule has 1 fully saturated rings. The van der Waals surface area contributed by atoms with Crippen molar-refractivity contribution in [1.82, 2.24) is 10.2 Å². The number of hydrogen-bond acceptors (Lipinski definition) is 3. The highest BCUT2D eigenvalue weighted by atomic mass is 15.1. The van der Waals surface area contributed by atoms with Gasteiger partial charge in [-0.3, -0.25) is 0 Å². The molecule has 2 unspecified atom stereocenters. The maximum Gasteiger partial charge on any atom is 0.109 e. The van der Waals surface area contributed by atoms with Gasteiger partial charge in [-0.1, -0.05) is 26.7 Å². The normalized spacial score (nSPS) is 27.6. The van der Waals surface area contributed by atoms with Crippen LogP contribution in [0.2, 0.25) is 0 Å². The van der Waals surface area contributed by atoms with Crippen molar-refractivity contribution in [2.45, 2.75) is 57.9 Å². The van der Waals surface area contributed by atoms with Gasteiger partial charge in [0.15, 0.2) is 0 Å². The second kappa shape index (κ2) is 7.76. The smallest absolute Gasteiger partial charge is 0.109 e. The summed E-state index contributed by atoms with van der Waals surface area (Å²) >= 11 is 0. The van der Waals surface area contributed by atoms with Crippen LogP contribution in [0.5, 0.6) is 0 Å². The number of nitriles is 1. The molecule has 0 aliphatic heterocycles. The Hall–Kier alpha value is -0.590. The van der Waals surface area contributed by atoms with Gasteiger partial charge in [-0.15, -0.1) is 0 Å². The van der Waals surface area contributed by atoms with Crippen LogP contribution in [0.4, 0.5) is 0 Å². The summed E-state index contributed by atoms with van der Waals surface area (Å²) < 4.78 is 0. The summed E-state index contributed by atoms with van der Waals surface area (Å²) in [5.74, 6) is 0.531. The lowest BCUT2D eigenvalue weighted by molar-refractivity contribution is 0.232. The molecule has 3 heteroatoms. The molecule has 0 spiro atoms. The molecular formula is C15H29N3. The average molecular weight is 251 g/mol. The van der Waals surface area contributed by atoms with Crippen LogP contribution in [0.15, 0.2) is 0 Å². The van der Waals surface area contributed by atoms with Crippen LogP contribution < -0.4 is 5.32 Å². The molecular weight excluding hydrogens is 222 g/mol. The summed E-state index contributed by atoms with van der Waals surface area (Å²) in [4.78, 5) is 2.53. The Morgan fingerprint density at radius 2 is 2.17 bits per heavy atom. The van der Waals surface area contributed by atoms with Gasteiger partial charge in [-0.2, -0.15) is 5.26 Å². The van der Waals surface area contributed by atoms with E-state index in [-0.39, 0.29) is 5.54 Å². The van der Waals surface area contributed by atoms with Gasteiger partial charge >= 0.3 is 0 Å². The molecule has 1 saturated carbocycles. The van der Waals surface area contributed by atoms with Crippen LogP contribution in [-0.4, -0.2) is 37.1 Å². The first kappa shape index (κ1) is 15.5. The van der Waals surface area contributed by atoms with Gasteiger partial charge in [-0.25, -0.2) is 0 Å². The first-order valence-corrected chi connectivity index (χ1v) is 7.55. The van der Waals surface area contributed by atoms with Gasteiger partial charge in [0.05, 0.1) is 6.07 Å². The van der Waals surface area contributed by atoms with Gasteiger partial charge in [-0.05, 0) is 58.3 Å². The minimum atomic E-state index is -0.246. The number of hydrogen-bond donors (Lipinski definition) is 1. The van der Waals surface area contributed by atoms with Gasteiger partial charge in [0.25, 0.3) is 0 Å². The van der Waals surface area contributed by atoms with Crippen LogP contribution in [0.3, 0.4) is 0 Å². The monoisotopic (exact) mass is 251 g/mol. The van der Waals surface area contributed by atoms with Gasteiger partial charge < -0.3 is 10.2 Å². The molecule has 1 N–H and O–H groups in total. The number of unbranched alkanes of at least 4 members (excludes halogenated alkanes) is 1. The van der Waals surface area contributed by atoms with E-state index in [9.17, 15) is 5.26 Å². The first-order chi connectivity index (χ1) is 8.72. The van der Waals surface area contributed by atoms with Crippen molar-refractivity contribution in [2.24, 2.45) is 5.92 Å². The summed E-state index contributed by atoms with van der Waals surface area (Å²) in [7, 11) is 1.94. The minimum absolute atomic E-state index is 0.246. The minimum Gasteiger partial charge on any atom is -0.304 e. The van der Waals surface area contributed by atoms with Crippen molar-refractivity contribution in [3.05, 3.63) is 0 Å². The Balaban J connectivity index is 2.44. The van der Waals surface area contributed by atoms with Crippen LogP contribution in [0.25, 0.3) is 0 Å². The SMILES string of the molecule is CCCCN(CC)CCC1CCCC1(C#N)NC. The Bertz CT molecular complexity index is 271. The summed E-state index contributed by atoms with van der Waals surface area (Å²) in [5.41, 5.74) is -0.246. The number of rotatable bonds is 8. The van der Waals surface area contributed by atoms with E-state index in [4.69, 9.17) is 0 Å². The molecule has 0 heterocycles. The predicted molar refractivity (Wildman–Crippen MR) is 76.4 cm³/mol. The molecule has 0 bridgehead atoms. The molecule has 0 aromatic carbocycles. The van der Waals surface area contributed by atoms with Gasteiger partial charge in [0, 0.05) is 0 Å². The maximum absolute atomic E-state index is 9.42. The zero-order chi connectivity index (χ0) is 13.4. The lowest BCUT2D eigenvalue weighted by Gasteiger charge is -2.30. The third-order valence-corrected chi connectivity index (χ3v) is 4.54. The summed E-state index contributed by atoms with van der Waals surface area (Å²) in [6, 6.07) is 2.53. The van der Waals surface area contributed by atoms with E-state index in [2.05, 4.69) is 30.1 Å². The number of nitrogens with one attached hydrogen (secondary N) is 1. The second-order valence-electron chi connectivity index (χ2n) is 5.50. The first-order valence-electron chi connectivity index (χ1n) is 7.55. The topological polar surface area (TPSA) is 39.1 Å². The standard InChI is InChI=1S/C15H29N3/c1-4-6-11-18(5-2)12-9-14-8-7-10-15(14,13-16)17-3/h14,17H,4-12H2,1-3H3. The molecule has 0 aromatic heterocycles. The molecule has 1 rings (SSSR count). The molecule has 104 valence electrons. The summed E-state index contributed by atoms with van der Waals surface area (Å²) in [6.07, 6.45) is 7.13. The highest BCUT2D eigenvalue weighted by Gasteiger charge is 2.41. The molecule has 3 nitrogen and oxygen atoms in total. The molecule has 1 aliphatic rings. The van der Waals surface area contributed by atoms with E-state index in [1.54, 1.807) is 0 Å². The van der Waals surface area contributed by atoms with Crippen molar-refractivity contribution in [3.63, 3.8) is 0 Å². The van der Waals surface area contributed by atoms with Gasteiger partial charge in [0.2, 0.25) is 0 Å². The Morgan fingerprint density at radius 3 is 2.72 bits per heavy atom. The van der Waals surface area contributed by atoms with Crippen molar-refractivity contribution in [2.75, 3.05) is 26.7 Å². The molecule has 0 radical (unpaired) electrons. The second-order valence-corrected chi connectivity index (χ2v) is 5.50.